The summed E-state index contributed by atoms with van der Waals surface area (Å²) in [7, 11) is -0.913. The summed E-state index contributed by atoms with van der Waals surface area (Å²) in [5.41, 5.74) is 2.18. The first kappa shape index (κ1) is 14.8. The average Bonchev–Trinajstić information content (AvgIpc) is 2.83. The summed E-state index contributed by atoms with van der Waals surface area (Å²) >= 11 is 0. The molecule has 0 amide bonds. The van der Waals surface area contributed by atoms with E-state index in [4.69, 9.17) is 0 Å². The molecule has 20 heavy (non-hydrogen) atoms. The molecule has 0 radical (unpaired) electrons. The summed E-state index contributed by atoms with van der Waals surface area (Å²) in [6, 6.07) is 7.83. The van der Waals surface area contributed by atoms with Crippen molar-refractivity contribution in [3.63, 3.8) is 0 Å². The molecule has 4 nitrogen and oxygen atoms in total. The van der Waals surface area contributed by atoms with E-state index < -0.39 is 10.8 Å². The van der Waals surface area contributed by atoms with Crippen molar-refractivity contribution in [1.82, 2.24) is 9.78 Å². The maximum Gasteiger partial charge on any atom is 0.0729 e. The number of rotatable bonds is 6. The highest BCUT2D eigenvalue weighted by Crippen LogP contribution is 2.11. The Labute approximate surface area is 122 Å². The summed E-state index contributed by atoms with van der Waals surface area (Å²) in [6.07, 6.45) is 5.56. The van der Waals surface area contributed by atoms with Crippen LogP contribution in [-0.4, -0.2) is 20.2 Å². The Hall–Kier alpha value is -1.62. The topological polar surface area (TPSA) is 46.9 Å². The van der Waals surface area contributed by atoms with Gasteiger partial charge in [-0.25, -0.2) is 0 Å². The second-order valence-corrected chi connectivity index (χ2v) is 6.68. The molecule has 0 aliphatic rings. The van der Waals surface area contributed by atoms with Crippen LogP contribution >= 0.6 is 0 Å². The van der Waals surface area contributed by atoms with Crippen molar-refractivity contribution < 1.29 is 4.21 Å². The van der Waals surface area contributed by atoms with Gasteiger partial charge in [-0.2, -0.15) is 5.10 Å². The molecule has 1 aromatic heterocycles. The van der Waals surface area contributed by atoms with Gasteiger partial charge in [-0.1, -0.05) is 26.0 Å². The van der Waals surface area contributed by atoms with Crippen molar-refractivity contribution >= 4 is 16.5 Å². The summed E-state index contributed by atoms with van der Waals surface area (Å²) < 4.78 is 13.3. The highest BCUT2D eigenvalue weighted by Gasteiger charge is 2.01. The van der Waals surface area contributed by atoms with Gasteiger partial charge < -0.3 is 5.32 Å². The van der Waals surface area contributed by atoms with E-state index in [-0.39, 0.29) is 0 Å². The minimum Gasteiger partial charge on any atom is -0.378 e. The van der Waals surface area contributed by atoms with Gasteiger partial charge in [-0.3, -0.25) is 8.89 Å². The average molecular weight is 291 g/mol. The van der Waals surface area contributed by atoms with Crippen LogP contribution in [0.1, 0.15) is 19.4 Å². The molecule has 0 bridgehead atoms. The van der Waals surface area contributed by atoms with E-state index in [2.05, 4.69) is 24.3 Å². The second-order valence-electron chi connectivity index (χ2n) is 5.30. The molecule has 0 unspecified atom stereocenters. The lowest BCUT2D eigenvalue weighted by Crippen LogP contribution is -2.04. The van der Waals surface area contributed by atoms with Crippen LogP contribution < -0.4 is 5.32 Å². The first-order valence-corrected chi connectivity index (χ1v) is 8.29. The van der Waals surface area contributed by atoms with Crippen LogP contribution in [0.3, 0.4) is 0 Å². The molecule has 1 N–H and O–H groups in total. The quantitative estimate of drug-likeness (QED) is 0.890. The number of hydrogen-bond acceptors (Lipinski definition) is 3. The van der Waals surface area contributed by atoms with Crippen LogP contribution in [0.15, 0.2) is 41.6 Å². The van der Waals surface area contributed by atoms with Crippen LogP contribution in [0.5, 0.6) is 0 Å². The fourth-order valence-corrected chi connectivity index (χ4v) is 2.45. The maximum absolute atomic E-state index is 11.3. The standard InChI is InChI=1S/C15H21N3OS/c1-12(2)10-18-11-14(9-17-18)16-8-13-4-6-15(7-5-13)20(3)19/h4-7,9,11-12,16H,8,10H2,1-3H3/t20-/m1/s1. The Bertz CT molecular complexity index is 575. The van der Waals surface area contributed by atoms with E-state index >= 15 is 0 Å². The number of nitrogens with zero attached hydrogens (tertiary/aromatic N) is 2. The lowest BCUT2D eigenvalue weighted by molar-refractivity contribution is 0.483. The fraction of sp³-hybridized carbons (Fsp3) is 0.400. The molecule has 2 rings (SSSR count). The summed E-state index contributed by atoms with van der Waals surface area (Å²) in [5.74, 6) is 0.588. The monoisotopic (exact) mass is 291 g/mol. The lowest BCUT2D eigenvalue weighted by atomic mass is 10.2. The molecule has 2 aromatic rings. The molecule has 5 heteroatoms. The number of benzene rings is 1. The summed E-state index contributed by atoms with van der Waals surface area (Å²) in [6.45, 7) is 6.02. The molecule has 1 atom stereocenters. The van der Waals surface area contributed by atoms with Gasteiger partial charge in [0.15, 0.2) is 0 Å². The molecule has 1 heterocycles. The van der Waals surface area contributed by atoms with Crippen LogP contribution in [-0.2, 0) is 23.9 Å². The molecule has 0 saturated carbocycles. The molecular formula is C15H21N3OS. The minimum atomic E-state index is -0.913. The van der Waals surface area contributed by atoms with Gasteiger partial charge in [0.1, 0.15) is 0 Å². The second kappa shape index (κ2) is 6.70. The number of aromatic nitrogens is 2. The predicted octanol–water partition coefficient (Wildman–Crippen LogP) is 2.89. The Morgan fingerprint density at radius 2 is 2.00 bits per heavy atom. The molecule has 108 valence electrons. The van der Waals surface area contributed by atoms with Crippen molar-refractivity contribution in [2.75, 3.05) is 11.6 Å². The van der Waals surface area contributed by atoms with E-state index in [9.17, 15) is 4.21 Å². The molecule has 1 aromatic carbocycles. The Morgan fingerprint density at radius 3 is 2.60 bits per heavy atom. The Kier molecular flexibility index (Phi) is 4.95. The van der Waals surface area contributed by atoms with Gasteiger partial charge >= 0.3 is 0 Å². The predicted molar refractivity (Wildman–Crippen MR) is 83.2 cm³/mol. The molecule has 0 saturated heterocycles. The summed E-state index contributed by atoms with van der Waals surface area (Å²) in [5, 5.41) is 7.66. The van der Waals surface area contributed by atoms with E-state index in [0.717, 1.165) is 29.2 Å². The van der Waals surface area contributed by atoms with E-state index in [0.29, 0.717) is 5.92 Å². The van der Waals surface area contributed by atoms with Gasteiger partial charge in [-0.05, 0) is 23.6 Å². The van der Waals surface area contributed by atoms with Gasteiger partial charge in [-0.15, -0.1) is 0 Å². The maximum atomic E-state index is 11.3. The van der Waals surface area contributed by atoms with Crippen LogP contribution in [0.4, 0.5) is 5.69 Å². The third kappa shape index (κ3) is 4.20. The van der Waals surface area contributed by atoms with E-state index in [1.54, 1.807) is 6.26 Å². The Morgan fingerprint density at radius 1 is 1.30 bits per heavy atom. The number of hydrogen-bond donors (Lipinski definition) is 1. The van der Waals surface area contributed by atoms with Gasteiger partial charge in [0.05, 0.1) is 11.9 Å². The first-order chi connectivity index (χ1) is 9.54. The molecule has 0 fully saturated rings. The van der Waals surface area contributed by atoms with Crippen molar-refractivity contribution in [2.45, 2.75) is 31.8 Å². The number of nitrogens with one attached hydrogen (secondary N) is 1. The van der Waals surface area contributed by atoms with Crippen LogP contribution in [0, 0.1) is 5.92 Å². The van der Waals surface area contributed by atoms with Gasteiger partial charge in [0.25, 0.3) is 0 Å². The van der Waals surface area contributed by atoms with Crippen LogP contribution in [0.2, 0.25) is 0 Å². The van der Waals surface area contributed by atoms with E-state index in [1.807, 2.05) is 41.3 Å². The zero-order chi connectivity index (χ0) is 14.5. The largest absolute Gasteiger partial charge is 0.378 e. The normalized spacial score (nSPS) is 12.6. The third-order valence-corrected chi connectivity index (χ3v) is 3.87. The lowest BCUT2D eigenvalue weighted by Gasteiger charge is -2.05. The summed E-state index contributed by atoms with van der Waals surface area (Å²) in [4.78, 5) is 0.860. The SMILES string of the molecule is CC(C)Cn1cc(NCc2ccc([S@@](C)=O)cc2)cn1. The van der Waals surface area contributed by atoms with Crippen LogP contribution in [0.25, 0.3) is 0 Å². The third-order valence-electron chi connectivity index (χ3n) is 2.94. The molecule has 0 spiro atoms. The highest BCUT2D eigenvalue weighted by molar-refractivity contribution is 7.84. The molecule has 0 aliphatic carbocycles. The zero-order valence-electron chi connectivity index (χ0n) is 12.2. The smallest absolute Gasteiger partial charge is 0.0729 e. The minimum absolute atomic E-state index is 0.588. The Balaban J connectivity index is 1.91. The molecular weight excluding hydrogens is 270 g/mol. The van der Waals surface area contributed by atoms with Gasteiger partial charge in [0, 0.05) is 41.2 Å². The zero-order valence-corrected chi connectivity index (χ0v) is 13.0. The van der Waals surface area contributed by atoms with Crippen molar-refractivity contribution in [3.05, 3.63) is 42.2 Å². The molecule has 0 aliphatic heterocycles. The van der Waals surface area contributed by atoms with E-state index in [1.165, 1.54) is 0 Å². The first-order valence-electron chi connectivity index (χ1n) is 6.73. The van der Waals surface area contributed by atoms with Crippen molar-refractivity contribution in [1.29, 1.82) is 0 Å². The number of anilines is 1. The fourth-order valence-electron chi connectivity index (χ4n) is 1.93. The van der Waals surface area contributed by atoms with Crippen molar-refractivity contribution in [2.24, 2.45) is 5.92 Å². The van der Waals surface area contributed by atoms with Crippen molar-refractivity contribution in [3.8, 4) is 0 Å². The highest BCUT2D eigenvalue weighted by atomic mass is 32.2. The van der Waals surface area contributed by atoms with Gasteiger partial charge in [0.2, 0.25) is 0 Å².